The van der Waals surface area contributed by atoms with Crippen LogP contribution in [0.3, 0.4) is 0 Å². The van der Waals surface area contributed by atoms with E-state index in [1.807, 2.05) is 26.0 Å². The van der Waals surface area contributed by atoms with Gasteiger partial charge in [0.1, 0.15) is 6.10 Å². The zero-order valence-corrected chi connectivity index (χ0v) is 10.3. The van der Waals surface area contributed by atoms with Gasteiger partial charge in [0, 0.05) is 0 Å². The van der Waals surface area contributed by atoms with Crippen molar-refractivity contribution in [2.75, 3.05) is 6.61 Å². The third-order valence-electron chi connectivity index (χ3n) is 1.84. The number of allylic oxidation sites excluding steroid dienone is 1. The Balaban J connectivity index is 4.22. The van der Waals surface area contributed by atoms with Crippen LogP contribution >= 0.6 is 0 Å². The van der Waals surface area contributed by atoms with Crippen LogP contribution in [0, 0.1) is 11.8 Å². The van der Waals surface area contributed by atoms with Gasteiger partial charge in [-0.15, -0.1) is 0 Å². The first-order valence-corrected chi connectivity index (χ1v) is 5.49. The zero-order chi connectivity index (χ0) is 11.8. The maximum atomic E-state index is 11.1. The molecule has 0 heterocycles. The number of rotatable bonds is 5. The van der Waals surface area contributed by atoms with E-state index >= 15 is 0 Å². The van der Waals surface area contributed by atoms with Crippen LogP contribution in [-0.2, 0) is 9.47 Å². The van der Waals surface area contributed by atoms with Gasteiger partial charge in [0.25, 0.3) is 0 Å². The molecule has 0 amide bonds. The van der Waals surface area contributed by atoms with Crippen molar-refractivity contribution in [1.82, 2.24) is 0 Å². The molecule has 3 nitrogen and oxygen atoms in total. The molecular weight excluding hydrogens is 192 g/mol. The van der Waals surface area contributed by atoms with Crippen LogP contribution in [0.1, 0.15) is 34.6 Å². The van der Waals surface area contributed by atoms with E-state index in [0.717, 1.165) is 0 Å². The number of carbonyl (C=O) groups excluding carboxylic acids is 1. The van der Waals surface area contributed by atoms with Crippen molar-refractivity contribution in [2.45, 2.75) is 40.7 Å². The maximum absolute atomic E-state index is 11.1. The minimum Gasteiger partial charge on any atom is -0.435 e. The van der Waals surface area contributed by atoms with Crippen molar-refractivity contribution in [3.8, 4) is 0 Å². The molecule has 15 heavy (non-hydrogen) atoms. The van der Waals surface area contributed by atoms with Gasteiger partial charge >= 0.3 is 6.16 Å². The van der Waals surface area contributed by atoms with Gasteiger partial charge in [-0.2, -0.15) is 0 Å². The van der Waals surface area contributed by atoms with Gasteiger partial charge in [-0.1, -0.05) is 33.8 Å². The highest BCUT2D eigenvalue weighted by Crippen LogP contribution is 2.11. The van der Waals surface area contributed by atoms with Crippen LogP contribution in [0.15, 0.2) is 12.2 Å². The summed E-state index contributed by atoms with van der Waals surface area (Å²) in [6.07, 6.45) is 3.16. The van der Waals surface area contributed by atoms with Gasteiger partial charge in [-0.3, -0.25) is 0 Å². The molecule has 0 spiro atoms. The fourth-order valence-corrected chi connectivity index (χ4v) is 0.992. The van der Waals surface area contributed by atoms with Gasteiger partial charge in [0.15, 0.2) is 0 Å². The van der Waals surface area contributed by atoms with Crippen molar-refractivity contribution in [3.05, 3.63) is 12.2 Å². The lowest BCUT2D eigenvalue weighted by atomic mass is 10.1. The summed E-state index contributed by atoms with van der Waals surface area (Å²) in [6, 6.07) is 0. The molecule has 88 valence electrons. The highest BCUT2D eigenvalue weighted by molar-refractivity contribution is 5.60. The molecule has 0 saturated carbocycles. The molecule has 0 fully saturated rings. The summed E-state index contributed by atoms with van der Waals surface area (Å²) in [5.41, 5.74) is 0. The Kier molecular flexibility index (Phi) is 6.84. The third-order valence-corrected chi connectivity index (χ3v) is 1.84. The first-order chi connectivity index (χ1) is 6.97. The molecule has 0 unspecified atom stereocenters. The number of hydrogen-bond donors (Lipinski definition) is 0. The molecule has 0 N–H and O–H groups in total. The Labute approximate surface area is 92.5 Å². The van der Waals surface area contributed by atoms with E-state index in [1.54, 1.807) is 6.92 Å². The number of hydrogen-bond acceptors (Lipinski definition) is 3. The van der Waals surface area contributed by atoms with Crippen molar-refractivity contribution >= 4 is 6.16 Å². The second kappa shape index (κ2) is 7.32. The van der Waals surface area contributed by atoms with Crippen molar-refractivity contribution in [2.24, 2.45) is 11.8 Å². The van der Waals surface area contributed by atoms with E-state index in [1.165, 1.54) is 0 Å². The van der Waals surface area contributed by atoms with E-state index in [4.69, 9.17) is 9.47 Å². The molecule has 0 aliphatic carbocycles. The molecule has 0 aromatic carbocycles. The lowest BCUT2D eigenvalue weighted by Gasteiger charge is -2.17. The molecule has 0 rings (SSSR count). The molecule has 0 radical (unpaired) electrons. The van der Waals surface area contributed by atoms with E-state index < -0.39 is 6.16 Å². The van der Waals surface area contributed by atoms with Crippen LogP contribution in [0.4, 0.5) is 4.79 Å². The zero-order valence-electron chi connectivity index (χ0n) is 10.3. The molecular formula is C12H22O3. The lowest BCUT2D eigenvalue weighted by molar-refractivity contribution is 0.0273. The predicted molar refractivity (Wildman–Crippen MR) is 60.7 cm³/mol. The molecule has 0 aliphatic heterocycles. The highest BCUT2D eigenvalue weighted by Gasteiger charge is 2.15. The second-order valence-corrected chi connectivity index (χ2v) is 4.14. The molecule has 0 aromatic rings. The first-order valence-electron chi connectivity index (χ1n) is 5.49. The van der Waals surface area contributed by atoms with Crippen molar-refractivity contribution in [3.63, 3.8) is 0 Å². The summed E-state index contributed by atoms with van der Waals surface area (Å²) < 4.78 is 9.89. The largest absolute Gasteiger partial charge is 0.508 e. The van der Waals surface area contributed by atoms with E-state index in [-0.39, 0.29) is 12.0 Å². The molecule has 0 bridgehead atoms. The van der Waals surface area contributed by atoms with Gasteiger partial charge in [0.2, 0.25) is 0 Å². The summed E-state index contributed by atoms with van der Waals surface area (Å²) in [5, 5.41) is 0. The Hall–Kier alpha value is -0.990. The monoisotopic (exact) mass is 214 g/mol. The van der Waals surface area contributed by atoms with E-state index in [2.05, 4.69) is 13.8 Å². The molecule has 3 heteroatoms. The fourth-order valence-electron chi connectivity index (χ4n) is 0.992. The topological polar surface area (TPSA) is 35.5 Å². The number of ether oxygens (including phenoxy) is 2. The fraction of sp³-hybridized carbons (Fsp3) is 0.750. The summed E-state index contributed by atoms with van der Waals surface area (Å²) in [7, 11) is 0. The standard InChI is InChI=1S/C12H22O3/c1-6-14-12(13)15-11(10(4)5)8-7-9(2)3/h7-11H,6H2,1-5H3/b8-7+/t11-/m0/s1. The third kappa shape index (κ3) is 7.00. The van der Waals surface area contributed by atoms with Gasteiger partial charge in [-0.05, 0) is 24.8 Å². The summed E-state index contributed by atoms with van der Waals surface area (Å²) in [4.78, 5) is 11.1. The lowest BCUT2D eigenvalue weighted by Crippen LogP contribution is -2.22. The normalized spacial score (nSPS) is 13.5. The highest BCUT2D eigenvalue weighted by atomic mass is 16.7. The van der Waals surface area contributed by atoms with Crippen LogP contribution in [-0.4, -0.2) is 18.9 Å². The smallest absolute Gasteiger partial charge is 0.435 e. The minimum atomic E-state index is -0.593. The predicted octanol–water partition coefficient (Wildman–Crippen LogP) is 3.40. The Morgan fingerprint density at radius 1 is 1.20 bits per heavy atom. The van der Waals surface area contributed by atoms with Crippen LogP contribution < -0.4 is 0 Å². The van der Waals surface area contributed by atoms with Crippen LogP contribution in [0.2, 0.25) is 0 Å². The van der Waals surface area contributed by atoms with Crippen LogP contribution in [0.25, 0.3) is 0 Å². The maximum Gasteiger partial charge on any atom is 0.508 e. The number of carbonyl (C=O) groups is 1. The summed E-state index contributed by atoms with van der Waals surface area (Å²) in [6.45, 7) is 10.3. The Morgan fingerprint density at radius 3 is 2.20 bits per heavy atom. The van der Waals surface area contributed by atoms with Crippen molar-refractivity contribution < 1.29 is 14.3 Å². The Morgan fingerprint density at radius 2 is 1.80 bits per heavy atom. The SMILES string of the molecule is CCOC(=O)O[C@@H](/C=C/C(C)C)C(C)C. The van der Waals surface area contributed by atoms with Gasteiger partial charge in [-0.25, -0.2) is 4.79 Å². The van der Waals surface area contributed by atoms with E-state index in [9.17, 15) is 4.79 Å². The average molecular weight is 214 g/mol. The van der Waals surface area contributed by atoms with Gasteiger partial charge < -0.3 is 9.47 Å². The molecule has 0 aromatic heterocycles. The van der Waals surface area contributed by atoms with Gasteiger partial charge in [0.05, 0.1) is 6.61 Å². The molecule has 0 saturated heterocycles. The van der Waals surface area contributed by atoms with Crippen molar-refractivity contribution in [1.29, 1.82) is 0 Å². The summed E-state index contributed by atoms with van der Waals surface area (Å²) in [5.74, 6) is 0.710. The first kappa shape index (κ1) is 14.0. The summed E-state index contributed by atoms with van der Waals surface area (Å²) >= 11 is 0. The van der Waals surface area contributed by atoms with Crippen LogP contribution in [0.5, 0.6) is 0 Å². The second-order valence-electron chi connectivity index (χ2n) is 4.14. The Bertz CT molecular complexity index is 207. The van der Waals surface area contributed by atoms with E-state index in [0.29, 0.717) is 12.5 Å². The minimum absolute atomic E-state index is 0.202. The molecule has 0 aliphatic rings. The average Bonchev–Trinajstić information content (AvgIpc) is 2.11. The molecule has 1 atom stereocenters. The quantitative estimate of drug-likeness (QED) is 0.519.